The molecule has 105 valence electrons. The smallest absolute Gasteiger partial charge is 0.230 e. The summed E-state index contributed by atoms with van der Waals surface area (Å²) in [5, 5.41) is 3.25. The SMILES string of the molecule is [CH2][C@H](C(=O)N1CCCC1)c1ccc(C2=NCCN2)cc1. The van der Waals surface area contributed by atoms with Gasteiger partial charge in [0.2, 0.25) is 5.91 Å². The van der Waals surface area contributed by atoms with Crippen LogP contribution in [0.2, 0.25) is 0 Å². The van der Waals surface area contributed by atoms with Crippen LogP contribution in [0.1, 0.15) is 29.9 Å². The molecular formula is C16H20N3O. The quantitative estimate of drug-likeness (QED) is 0.906. The van der Waals surface area contributed by atoms with E-state index >= 15 is 0 Å². The molecule has 1 fully saturated rings. The number of carbonyl (C=O) groups excluding carboxylic acids is 1. The van der Waals surface area contributed by atoms with Crippen molar-refractivity contribution in [2.75, 3.05) is 26.2 Å². The number of nitrogens with one attached hydrogen (secondary N) is 1. The first kappa shape index (κ1) is 13.2. The van der Waals surface area contributed by atoms with Gasteiger partial charge in [-0.15, -0.1) is 0 Å². The van der Waals surface area contributed by atoms with Crippen molar-refractivity contribution in [1.82, 2.24) is 10.2 Å². The molecule has 0 unspecified atom stereocenters. The largest absolute Gasteiger partial charge is 0.368 e. The maximum absolute atomic E-state index is 12.3. The summed E-state index contributed by atoms with van der Waals surface area (Å²) in [7, 11) is 0. The van der Waals surface area contributed by atoms with E-state index in [0.29, 0.717) is 0 Å². The lowest BCUT2D eigenvalue weighted by Gasteiger charge is -2.20. The van der Waals surface area contributed by atoms with Crippen molar-refractivity contribution < 1.29 is 4.79 Å². The van der Waals surface area contributed by atoms with Gasteiger partial charge in [0.1, 0.15) is 5.84 Å². The lowest BCUT2D eigenvalue weighted by Crippen LogP contribution is -2.31. The summed E-state index contributed by atoms with van der Waals surface area (Å²) in [6, 6.07) is 8.01. The van der Waals surface area contributed by atoms with Crippen LogP contribution < -0.4 is 5.32 Å². The summed E-state index contributed by atoms with van der Waals surface area (Å²) in [5.74, 6) is 0.787. The molecule has 1 radical (unpaired) electrons. The highest BCUT2D eigenvalue weighted by molar-refractivity contribution is 5.99. The number of benzene rings is 1. The van der Waals surface area contributed by atoms with Crippen LogP contribution in [0.15, 0.2) is 29.3 Å². The monoisotopic (exact) mass is 270 g/mol. The number of amidine groups is 1. The number of amides is 1. The highest BCUT2D eigenvalue weighted by Crippen LogP contribution is 2.21. The van der Waals surface area contributed by atoms with Gasteiger partial charge in [0.25, 0.3) is 0 Å². The average Bonchev–Trinajstić information content (AvgIpc) is 3.18. The summed E-state index contributed by atoms with van der Waals surface area (Å²) in [6.45, 7) is 7.54. The van der Waals surface area contributed by atoms with Crippen LogP contribution in [0.3, 0.4) is 0 Å². The molecule has 0 bridgehead atoms. The maximum atomic E-state index is 12.3. The van der Waals surface area contributed by atoms with Gasteiger partial charge in [-0.2, -0.15) is 0 Å². The van der Waals surface area contributed by atoms with Gasteiger partial charge in [-0.1, -0.05) is 24.3 Å². The Morgan fingerprint density at radius 1 is 1.25 bits per heavy atom. The van der Waals surface area contributed by atoms with Gasteiger partial charge < -0.3 is 10.2 Å². The molecule has 2 heterocycles. The van der Waals surface area contributed by atoms with Crippen LogP contribution in [-0.2, 0) is 4.79 Å². The Hall–Kier alpha value is -1.84. The van der Waals surface area contributed by atoms with E-state index in [-0.39, 0.29) is 11.8 Å². The minimum Gasteiger partial charge on any atom is -0.368 e. The second kappa shape index (κ2) is 5.65. The van der Waals surface area contributed by atoms with Crippen LogP contribution in [0, 0.1) is 6.92 Å². The van der Waals surface area contributed by atoms with Crippen molar-refractivity contribution in [3.05, 3.63) is 42.3 Å². The molecule has 2 aliphatic heterocycles. The number of aliphatic imine (C=N–C) groups is 1. The van der Waals surface area contributed by atoms with Gasteiger partial charge in [-0.3, -0.25) is 9.79 Å². The van der Waals surface area contributed by atoms with Gasteiger partial charge in [-0.05, 0) is 25.3 Å². The number of likely N-dealkylation sites (tertiary alicyclic amines) is 1. The lowest BCUT2D eigenvalue weighted by molar-refractivity contribution is -0.130. The summed E-state index contributed by atoms with van der Waals surface area (Å²) in [6.07, 6.45) is 2.23. The predicted octanol–water partition coefficient (Wildman–Crippen LogP) is 1.58. The molecule has 4 heteroatoms. The van der Waals surface area contributed by atoms with Crippen molar-refractivity contribution in [3.8, 4) is 0 Å². The van der Waals surface area contributed by atoms with E-state index in [2.05, 4.69) is 17.2 Å². The first-order valence-electron chi connectivity index (χ1n) is 7.26. The molecule has 0 spiro atoms. The third kappa shape index (κ3) is 2.55. The molecule has 0 aliphatic carbocycles. The van der Waals surface area contributed by atoms with Gasteiger partial charge >= 0.3 is 0 Å². The fraction of sp³-hybridized carbons (Fsp3) is 0.438. The predicted molar refractivity (Wildman–Crippen MR) is 79.8 cm³/mol. The highest BCUT2D eigenvalue weighted by atomic mass is 16.2. The number of hydrogen-bond donors (Lipinski definition) is 1. The van der Waals surface area contributed by atoms with E-state index in [1.54, 1.807) is 0 Å². The highest BCUT2D eigenvalue weighted by Gasteiger charge is 2.24. The van der Waals surface area contributed by atoms with Crippen molar-refractivity contribution in [2.45, 2.75) is 18.8 Å². The molecule has 3 rings (SSSR count). The molecule has 2 aliphatic rings. The third-order valence-corrected chi connectivity index (χ3v) is 3.98. The average molecular weight is 270 g/mol. The molecule has 0 saturated carbocycles. The van der Waals surface area contributed by atoms with E-state index in [1.165, 1.54) is 0 Å². The fourth-order valence-electron chi connectivity index (χ4n) is 2.77. The van der Waals surface area contributed by atoms with E-state index in [1.807, 2.05) is 29.2 Å². The molecule has 1 aromatic rings. The Morgan fingerprint density at radius 2 is 1.95 bits per heavy atom. The first-order chi connectivity index (χ1) is 9.75. The van der Waals surface area contributed by atoms with Crippen LogP contribution in [0.25, 0.3) is 0 Å². The van der Waals surface area contributed by atoms with Gasteiger partial charge in [0, 0.05) is 25.2 Å². The zero-order valence-corrected chi connectivity index (χ0v) is 11.6. The zero-order valence-electron chi connectivity index (χ0n) is 11.6. The Labute approximate surface area is 119 Å². The van der Waals surface area contributed by atoms with Crippen molar-refractivity contribution >= 4 is 11.7 Å². The minimum atomic E-state index is -0.305. The van der Waals surface area contributed by atoms with Crippen LogP contribution >= 0.6 is 0 Å². The Kier molecular flexibility index (Phi) is 3.72. The molecule has 1 aromatic carbocycles. The summed E-state index contributed by atoms with van der Waals surface area (Å²) in [4.78, 5) is 18.6. The summed E-state index contributed by atoms with van der Waals surface area (Å²) >= 11 is 0. The van der Waals surface area contributed by atoms with Crippen molar-refractivity contribution in [2.24, 2.45) is 4.99 Å². The van der Waals surface area contributed by atoms with E-state index in [4.69, 9.17) is 0 Å². The topological polar surface area (TPSA) is 44.7 Å². The van der Waals surface area contributed by atoms with Gasteiger partial charge in [0.15, 0.2) is 0 Å². The first-order valence-corrected chi connectivity index (χ1v) is 7.26. The van der Waals surface area contributed by atoms with E-state index in [0.717, 1.165) is 56.0 Å². The van der Waals surface area contributed by atoms with E-state index in [9.17, 15) is 4.79 Å². The normalized spacial score (nSPS) is 19.6. The van der Waals surface area contributed by atoms with Crippen LogP contribution in [-0.4, -0.2) is 42.8 Å². The van der Waals surface area contributed by atoms with Crippen molar-refractivity contribution in [1.29, 1.82) is 0 Å². The molecule has 1 amide bonds. The second-order valence-corrected chi connectivity index (χ2v) is 5.36. The van der Waals surface area contributed by atoms with Gasteiger partial charge in [0.05, 0.1) is 12.5 Å². The maximum Gasteiger partial charge on any atom is 0.230 e. The Bertz CT molecular complexity index is 515. The Balaban J connectivity index is 1.71. The summed E-state index contributed by atoms with van der Waals surface area (Å²) < 4.78 is 0. The van der Waals surface area contributed by atoms with E-state index < -0.39 is 0 Å². The third-order valence-electron chi connectivity index (χ3n) is 3.98. The van der Waals surface area contributed by atoms with Crippen LogP contribution in [0.5, 0.6) is 0 Å². The zero-order chi connectivity index (χ0) is 13.9. The van der Waals surface area contributed by atoms with Crippen molar-refractivity contribution in [3.63, 3.8) is 0 Å². The Morgan fingerprint density at radius 3 is 2.55 bits per heavy atom. The number of hydrogen-bond acceptors (Lipinski definition) is 3. The molecule has 4 nitrogen and oxygen atoms in total. The molecule has 1 N–H and O–H groups in total. The number of nitrogens with zero attached hydrogens (tertiary/aromatic N) is 2. The molecule has 20 heavy (non-hydrogen) atoms. The molecule has 0 aromatic heterocycles. The second-order valence-electron chi connectivity index (χ2n) is 5.36. The number of rotatable bonds is 3. The number of carbonyl (C=O) groups is 1. The standard InChI is InChI=1S/C16H20N3O/c1-12(16(20)19-10-2-3-11-19)13-4-6-14(7-5-13)15-17-8-9-18-15/h4-7,12H,1-3,8-11H2,(H,17,18)/t12-/m0/s1. The molecule has 1 saturated heterocycles. The fourth-order valence-corrected chi connectivity index (χ4v) is 2.77. The van der Waals surface area contributed by atoms with Crippen LogP contribution in [0.4, 0.5) is 0 Å². The summed E-state index contributed by atoms with van der Waals surface area (Å²) in [5.41, 5.74) is 2.05. The minimum absolute atomic E-state index is 0.145. The molecule has 1 atom stereocenters. The molecular weight excluding hydrogens is 250 g/mol. The van der Waals surface area contributed by atoms with Gasteiger partial charge in [-0.25, -0.2) is 0 Å². The lowest BCUT2D eigenvalue weighted by atomic mass is 9.98.